The fourth-order valence-corrected chi connectivity index (χ4v) is 2.20. The first kappa shape index (κ1) is 18.3. The average molecular weight is 345 g/mol. The highest BCUT2D eigenvalue weighted by molar-refractivity contribution is 5.95. The molecule has 0 spiro atoms. The van der Waals surface area contributed by atoms with Gasteiger partial charge in [-0.2, -0.15) is 0 Å². The lowest BCUT2D eigenvalue weighted by Crippen LogP contribution is -2.24. The lowest BCUT2D eigenvalue weighted by molar-refractivity contribution is -0.384. The molecular formula is C17H19N3O5. The molecule has 1 N–H and O–H groups in total. The number of methoxy groups -OCH3 is 1. The highest BCUT2D eigenvalue weighted by Gasteiger charge is 2.14. The van der Waals surface area contributed by atoms with Gasteiger partial charge in [-0.05, 0) is 24.6 Å². The quantitative estimate of drug-likeness (QED) is 0.447. The number of rotatable bonds is 8. The Hall–Kier alpha value is -3.00. The summed E-state index contributed by atoms with van der Waals surface area (Å²) in [7, 11) is 1.58. The molecule has 132 valence electrons. The van der Waals surface area contributed by atoms with Crippen molar-refractivity contribution < 1.29 is 19.2 Å². The number of aromatic nitrogens is 1. The second-order valence-electron chi connectivity index (χ2n) is 5.25. The minimum absolute atomic E-state index is 0.0462. The Labute approximate surface area is 144 Å². The number of hydrogen-bond acceptors (Lipinski definition) is 6. The molecule has 0 aliphatic heterocycles. The predicted octanol–water partition coefficient (Wildman–Crippen LogP) is 2.25. The van der Waals surface area contributed by atoms with Gasteiger partial charge in [0.15, 0.2) is 0 Å². The number of ether oxygens (including phenoxy) is 2. The number of nitrogens with zero attached hydrogens (tertiary/aromatic N) is 2. The van der Waals surface area contributed by atoms with Gasteiger partial charge in [0, 0.05) is 43.1 Å². The number of carbonyl (C=O) groups is 1. The lowest BCUT2D eigenvalue weighted by atomic mass is 10.1. The van der Waals surface area contributed by atoms with Gasteiger partial charge in [-0.15, -0.1) is 0 Å². The molecule has 1 amide bonds. The average Bonchev–Trinajstić information content (AvgIpc) is 2.60. The monoisotopic (exact) mass is 345 g/mol. The maximum atomic E-state index is 12.3. The van der Waals surface area contributed by atoms with Crippen LogP contribution in [0.2, 0.25) is 0 Å². The summed E-state index contributed by atoms with van der Waals surface area (Å²) < 4.78 is 10.4. The number of pyridine rings is 1. The molecule has 2 aromatic rings. The molecular weight excluding hydrogens is 326 g/mol. The third-order valence-electron chi connectivity index (χ3n) is 3.48. The van der Waals surface area contributed by atoms with Crippen molar-refractivity contribution >= 4 is 11.6 Å². The van der Waals surface area contributed by atoms with Gasteiger partial charge in [0.25, 0.3) is 11.6 Å². The van der Waals surface area contributed by atoms with E-state index in [0.29, 0.717) is 30.2 Å². The van der Waals surface area contributed by atoms with Crippen LogP contribution in [0.1, 0.15) is 21.5 Å². The Morgan fingerprint density at radius 2 is 2.12 bits per heavy atom. The molecule has 0 radical (unpaired) electrons. The summed E-state index contributed by atoms with van der Waals surface area (Å²) in [6, 6.07) is 7.69. The molecule has 0 fully saturated rings. The molecule has 0 atom stereocenters. The van der Waals surface area contributed by atoms with Crippen molar-refractivity contribution in [2.24, 2.45) is 0 Å². The van der Waals surface area contributed by atoms with Gasteiger partial charge in [0.05, 0.1) is 11.5 Å². The second-order valence-corrected chi connectivity index (χ2v) is 5.25. The van der Waals surface area contributed by atoms with Gasteiger partial charge < -0.3 is 14.8 Å². The number of aryl methyl sites for hydroxylation is 1. The van der Waals surface area contributed by atoms with Crippen molar-refractivity contribution in [3.8, 4) is 5.88 Å². The zero-order valence-electron chi connectivity index (χ0n) is 14.0. The zero-order chi connectivity index (χ0) is 18.2. The van der Waals surface area contributed by atoms with Crippen LogP contribution < -0.4 is 10.1 Å². The Balaban J connectivity index is 2.04. The van der Waals surface area contributed by atoms with Gasteiger partial charge in [-0.25, -0.2) is 4.98 Å². The van der Waals surface area contributed by atoms with Crippen LogP contribution in [0.15, 0.2) is 36.5 Å². The molecule has 0 aliphatic rings. The van der Waals surface area contributed by atoms with E-state index in [0.717, 1.165) is 5.56 Å². The summed E-state index contributed by atoms with van der Waals surface area (Å²) in [4.78, 5) is 26.7. The third kappa shape index (κ3) is 4.98. The van der Waals surface area contributed by atoms with Crippen LogP contribution >= 0.6 is 0 Å². The second kappa shape index (κ2) is 8.74. The first-order chi connectivity index (χ1) is 12.0. The Morgan fingerprint density at radius 3 is 2.80 bits per heavy atom. The van der Waals surface area contributed by atoms with E-state index in [-0.39, 0.29) is 18.1 Å². The third-order valence-corrected chi connectivity index (χ3v) is 3.48. The number of benzene rings is 1. The summed E-state index contributed by atoms with van der Waals surface area (Å²) in [6.45, 7) is 2.68. The highest BCUT2D eigenvalue weighted by atomic mass is 16.6. The first-order valence-electron chi connectivity index (χ1n) is 7.61. The number of carbonyl (C=O) groups excluding carboxylic acids is 1. The molecule has 0 saturated heterocycles. The van der Waals surface area contributed by atoms with Crippen LogP contribution in [0.5, 0.6) is 5.88 Å². The van der Waals surface area contributed by atoms with Crippen LogP contribution in [-0.2, 0) is 11.3 Å². The molecule has 0 saturated carbocycles. The topological polar surface area (TPSA) is 104 Å². The maximum Gasteiger partial charge on any atom is 0.269 e. The summed E-state index contributed by atoms with van der Waals surface area (Å²) in [5.74, 6) is 0.111. The molecule has 0 unspecified atom stereocenters. The fourth-order valence-electron chi connectivity index (χ4n) is 2.20. The number of hydrogen-bond donors (Lipinski definition) is 1. The van der Waals surface area contributed by atoms with Crippen LogP contribution in [0.4, 0.5) is 5.69 Å². The van der Waals surface area contributed by atoms with Gasteiger partial charge in [0.1, 0.15) is 6.61 Å². The van der Waals surface area contributed by atoms with Crippen molar-refractivity contribution in [3.05, 3.63) is 63.3 Å². The Kier molecular flexibility index (Phi) is 6.41. The molecule has 0 bridgehead atoms. The molecule has 1 aromatic heterocycles. The number of non-ortho nitro benzene ring substituents is 1. The molecule has 1 heterocycles. The standard InChI is InChI=1S/C17H19N3O5/c1-12-10-14(20(22)23)5-6-15(12)16(21)19-11-13-4-3-7-18-17(13)25-9-8-24-2/h3-7,10H,8-9,11H2,1-2H3,(H,19,21). The smallest absolute Gasteiger partial charge is 0.269 e. The molecule has 8 nitrogen and oxygen atoms in total. The van der Waals surface area contributed by atoms with E-state index in [1.165, 1.54) is 18.2 Å². The number of nitro benzene ring substituents is 1. The van der Waals surface area contributed by atoms with E-state index in [9.17, 15) is 14.9 Å². The molecule has 2 rings (SSSR count). The van der Waals surface area contributed by atoms with E-state index < -0.39 is 4.92 Å². The van der Waals surface area contributed by atoms with Gasteiger partial charge in [0.2, 0.25) is 5.88 Å². The minimum Gasteiger partial charge on any atom is -0.475 e. The van der Waals surface area contributed by atoms with Crippen LogP contribution in [0.25, 0.3) is 0 Å². The number of nitro groups is 1. The summed E-state index contributed by atoms with van der Waals surface area (Å²) in [6.07, 6.45) is 1.61. The Morgan fingerprint density at radius 1 is 1.32 bits per heavy atom. The maximum absolute atomic E-state index is 12.3. The highest BCUT2D eigenvalue weighted by Crippen LogP contribution is 2.18. The van der Waals surface area contributed by atoms with E-state index in [4.69, 9.17) is 9.47 Å². The number of amides is 1. The van der Waals surface area contributed by atoms with Crippen molar-refractivity contribution in [1.82, 2.24) is 10.3 Å². The van der Waals surface area contributed by atoms with Gasteiger partial charge in [-0.3, -0.25) is 14.9 Å². The normalized spacial score (nSPS) is 10.3. The Bertz CT molecular complexity index is 764. The SMILES string of the molecule is COCCOc1ncccc1CNC(=O)c1ccc([N+](=O)[O-])cc1C. The van der Waals surface area contributed by atoms with Crippen molar-refractivity contribution in [1.29, 1.82) is 0 Å². The molecule has 1 aromatic carbocycles. The van der Waals surface area contributed by atoms with Crippen LogP contribution in [-0.4, -0.2) is 36.1 Å². The van der Waals surface area contributed by atoms with Crippen LogP contribution in [0, 0.1) is 17.0 Å². The summed E-state index contributed by atoms with van der Waals surface area (Å²) in [5.41, 5.74) is 1.60. The first-order valence-corrected chi connectivity index (χ1v) is 7.61. The molecule has 8 heteroatoms. The number of nitrogens with one attached hydrogen (secondary N) is 1. The van der Waals surface area contributed by atoms with E-state index >= 15 is 0 Å². The van der Waals surface area contributed by atoms with Gasteiger partial charge in [-0.1, -0.05) is 6.07 Å². The molecule has 0 aliphatic carbocycles. The van der Waals surface area contributed by atoms with Crippen molar-refractivity contribution in [3.63, 3.8) is 0 Å². The van der Waals surface area contributed by atoms with E-state index in [1.54, 1.807) is 32.4 Å². The largest absolute Gasteiger partial charge is 0.475 e. The van der Waals surface area contributed by atoms with E-state index in [1.807, 2.05) is 0 Å². The van der Waals surface area contributed by atoms with Crippen LogP contribution in [0.3, 0.4) is 0 Å². The summed E-state index contributed by atoms with van der Waals surface area (Å²) >= 11 is 0. The lowest BCUT2D eigenvalue weighted by Gasteiger charge is -2.11. The van der Waals surface area contributed by atoms with Gasteiger partial charge >= 0.3 is 0 Å². The fraction of sp³-hybridized carbons (Fsp3) is 0.294. The van der Waals surface area contributed by atoms with Crippen molar-refractivity contribution in [2.45, 2.75) is 13.5 Å². The minimum atomic E-state index is -0.492. The zero-order valence-corrected chi connectivity index (χ0v) is 14.0. The van der Waals surface area contributed by atoms with Crippen molar-refractivity contribution in [2.75, 3.05) is 20.3 Å². The summed E-state index contributed by atoms with van der Waals surface area (Å²) in [5, 5.41) is 13.5. The predicted molar refractivity (Wildman–Crippen MR) is 90.6 cm³/mol. The molecule has 25 heavy (non-hydrogen) atoms. The van der Waals surface area contributed by atoms with E-state index in [2.05, 4.69) is 10.3 Å².